The van der Waals surface area contributed by atoms with Crippen LogP contribution in [-0.2, 0) is 14.6 Å². The van der Waals surface area contributed by atoms with Gasteiger partial charge in [-0.25, -0.2) is 8.42 Å². The molecule has 124 valence electrons. The number of hydrogen-bond donors (Lipinski definition) is 1. The highest BCUT2D eigenvalue weighted by molar-refractivity contribution is 7.91. The third kappa shape index (κ3) is 4.21. The molecule has 1 amide bonds. The van der Waals surface area contributed by atoms with Gasteiger partial charge >= 0.3 is 0 Å². The van der Waals surface area contributed by atoms with Crippen LogP contribution in [0.3, 0.4) is 0 Å². The van der Waals surface area contributed by atoms with E-state index in [0.717, 1.165) is 5.56 Å². The minimum Gasteiger partial charge on any atom is -0.341 e. The summed E-state index contributed by atoms with van der Waals surface area (Å²) in [7, 11) is -1.33. The molecule has 0 saturated carbocycles. The van der Waals surface area contributed by atoms with Crippen LogP contribution in [0.25, 0.3) is 0 Å². The molecule has 1 aliphatic heterocycles. The number of carbonyl (C=O) groups is 1. The number of benzene rings is 1. The molecule has 5 nitrogen and oxygen atoms in total. The normalized spacial score (nSPS) is 22.4. The number of nitrogens with zero attached hydrogens (tertiary/aromatic N) is 1. The zero-order valence-corrected chi connectivity index (χ0v) is 14.4. The fourth-order valence-electron chi connectivity index (χ4n) is 2.70. The highest BCUT2D eigenvalue weighted by Gasteiger charge is 2.35. The van der Waals surface area contributed by atoms with Gasteiger partial charge in [0.25, 0.3) is 0 Å². The summed E-state index contributed by atoms with van der Waals surface area (Å²) < 4.78 is 23.1. The number of rotatable bonds is 4. The van der Waals surface area contributed by atoms with E-state index in [0.29, 0.717) is 6.42 Å². The van der Waals surface area contributed by atoms with Crippen LogP contribution < -0.4 is 5.73 Å². The Bertz CT molecular complexity index is 606. The molecule has 1 aromatic carbocycles. The Balaban J connectivity index is 0.00000242. The zero-order chi connectivity index (χ0) is 15.6. The second kappa shape index (κ2) is 7.44. The molecule has 1 fully saturated rings. The van der Waals surface area contributed by atoms with Crippen LogP contribution in [0, 0.1) is 5.92 Å². The van der Waals surface area contributed by atoms with Gasteiger partial charge < -0.3 is 10.6 Å². The van der Waals surface area contributed by atoms with Gasteiger partial charge in [0.15, 0.2) is 9.84 Å². The van der Waals surface area contributed by atoms with E-state index in [1.54, 1.807) is 18.9 Å². The van der Waals surface area contributed by atoms with Crippen molar-refractivity contribution in [3.05, 3.63) is 35.9 Å². The molecule has 2 rings (SSSR count). The first-order valence-corrected chi connectivity index (χ1v) is 8.91. The molecule has 1 aromatic rings. The SMILES string of the molecule is CC(C(=O)N(C)C1CCS(=O)(=O)C1)C(N)c1ccccc1.Cl. The molecule has 7 heteroatoms. The van der Waals surface area contributed by atoms with Crippen LogP contribution in [0.5, 0.6) is 0 Å². The zero-order valence-electron chi connectivity index (χ0n) is 12.8. The summed E-state index contributed by atoms with van der Waals surface area (Å²) in [6, 6.07) is 8.85. The van der Waals surface area contributed by atoms with Gasteiger partial charge in [-0.2, -0.15) is 0 Å². The van der Waals surface area contributed by atoms with Crippen LogP contribution in [-0.4, -0.2) is 43.8 Å². The second-order valence-electron chi connectivity index (χ2n) is 5.73. The van der Waals surface area contributed by atoms with Gasteiger partial charge in [0, 0.05) is 19.1 Å². The lowest BCUT2D eigenvalue weighted by Gasteiger charge is -2.29. The fourth-order valence-corrected chi connectivity index (χ4v) is 4.47. The van der Waals surface area contributed by atoms with Crippen LogP contribution in [0.15, 0.2) is 30.3 Å². The molecule has 1 heterocycles. The van der Waals surface area contributed by atoms with Crippen LogP contribution >= 0.6 is 12.4 Å². The molecule has 0 aliphatic carbocycles. The Kier molecular flexibility index (Phi) is 6.40. The molecule has 0 bridgehead atoms. The summed E-state index contributed by atoms with van der Waals surface area (Å²) in [5.41, 5.74) is 7.07. The number of amides is 1. The summed E-state index contributed by atoms with van der Waals surface area (Å²) >= 11 is 0. The Morgan fingerprint density at radius 2 is 1.91 bits per heavy atom. The van der Waals surface area contributed by atoms with Gasteiger partial charge in [0.2, 0.25) is 5.91 Å². The van der Waals surface area contributed by atoms with E-state index in [1.165, 1.54) is 0 Å². The predicted molar refractivity (Wildman–Crippen MR) is 89.6 cm³/mol. The molecule has 2 N–H and O–H groups in total. The topological polar surface area (TPSA) is 80.5 Å². The van der Waals surface area contributed by atoms with Gasteiger partial charge in [-0.05, 0) is 12.0 Å². The van der Waals surface area contributed by atoms with E-state index >= 15 is 0 Å². The van der Waals surface area contributed by atoms with E-state index in [-0.39, 0.29) is 47.8 Å². The van der Waals surface area contributed by atoms with E-state index < -0.39 is 9.84 Å². The summed E-state index contributed by atoms with van der Waals surface area (Å²) in [6.07, 6.45) is 0.512. The standard InChI is InChI=1S/C15H22N2O3S.ClH/c1-11(14(16)12-6-4-3-5-7-12)15(18)17(2)13-8-9-21(19,20)10-13;/h3-7,11,13-14H,8-10,16H2,1-2H3;1H. The third-order valence-electron chi connectivity index (χ3n) is 4.22. The molecule has 0 aromatic heterocycles. The number of nitrogens with two attached hydrogens (primary N) is 1. The summed E-state index contributed by atoms with van der Waals surface area (Å²) in [4.78, 5) is 14.1. The maximum absolute atomic E-state index is 12.5. The lowest BCUT2D eigenvalue weighted by atomic mass is 9.94. The van der Waals surface area contributed by atoms with Gasteiger partial charge in [-0.3, -0.25) is 4.79 Å². The van der Waals surface area contributed by atoms with Crippen molar-refractivity contribution in [1.82, 2.24) is 4.90 Å². The number of halogens is 1. The average molecular weight is 347 g/mol. The molecule has 0 radical (unpaired) electrons. The minimum absolute atomic E-state index is 0. The van der Waals surface area contributed by atoms with Crippen LogP contribution in [0.1, 0.15) is 24.9 Å². The molecule has 3 atom stereocenters. The summed E-state index contributed by atoms with van der Waals surface area (Å²) in [6.45, 7) is 1.79. The summed E-state index contributed by atoms with van der Waals surface area (Å²) in [5, 5.41) is 0. The number of sulfone groups is 1. The van der Waals surface area contributed by atoms with E-state index in [1.807, 2.05) is 30.3 Å². The molecule has 22 heavy (non-hydrogen) atoms. The van der Waals surface area contributed by atoms with Crippen molar-refractivity contribution in [2.75, 3.05) is 18.6 Å². The summed E-state index contributed by atoms with van der Waals surface area (Å²) in [5.74, 6) is -0.272. The largest absolute Gasteiger partial charge is 0.341 e. The van der Waals surface area contributed by atoms with Crippen molar-refractivity contribution < 1.29 is 13.2 Å². The number of carbonyl (C=O) groups excluding carboxylic acids is 1. The molecular weight excluding hydrogens is 324 g/mol. The van der Waals surface area contributed by atoms with Crippen LogP contribution in [0.2, 0.25) is 0 Å². The highest BCUT2D eigenvalue weighted by atomic mass is 35.5. The minimum atomic E-state index is -3.00. The van der Waals surface area contributed by atoms with Crippen molar-refractivity contribution in [3.63, 3.8) is 0 Å². The van der Waals surface area contributed by atoms with Crippen molar-refractivity contribution in [3.8, 4) is 0 Å². The van der Waals surface area contributed by atoms with Gasteiger partial charge in [0.05, 0.1) is 17.4 Å². The van der Waals surface area contributed by atoms with E-state index in [9.17, 15) is 13.2 Å². The van der Waals surface area contributed by atoms with Gasteiger partial charge in [-0.1, -0.05) is 37.3 Å². The lowest BCUT2D eigenvalue weighted by Crippen LogP contribution is -2.43. The first-order valence-electron chi connectivity index (χ1n) is 7.09. The first-order chi connectivity index (χ1) is 9.82. The van der Waals surface area contributed by atoms with Gasteiger partial charge in [0.1, 0.15) is 0 Å². The van der Waals surface area contributed by atoms with Crippen molar-refractivity contribution in [2.45, 2.75) is 25.4 Å². The van der Waals surface area contributed by atoms with Crippen molar-refractivity contribution >= 4 is 28.2 Å². The Hall–Kier alpha value is -1.11. The molecule has 1 saturated heterocycles. The second-order valence-corrected chi connectivity index (χ2v) is 7.96. The van der Waals surface area contributed by atoms with Gasteiger partial charge in [-0.15, -0.1) is 12.4 Å². The average Bonchev–Trinajstić information content (AvgIpc) is 2.85. The van der Waals surface area contributed by atoms with E-state index in [2.05, 4.69) is 0 Å². The smallest absolute Gasteiger partial charge is 0.227 e. The molecule has 3 unspecified atom stereocenters. The first kappa shape index (κ1) is 18.9. The van der Waals surface area contributed by atoms with Crippen molar-refractivity contribution in [1.29, 1.82) is 0 Å². The predicted octanol–water partition coefficient (Wildman–Crippen LogP) is 1.39. The fraction of sp³-hybridized carbons (Fsp3) is 0.533. The Morgan fingerprint density at radius 1 is 1.32 bits per heavy atom. The van der Waals surface area contributed by atoms with Crippen molar-refractivity contribution in [2.24, 2.45) is 11.7 Å². The molecule has 1 aliphatic rings. The Morgan fingerprint density at radius 3 is 2.41 bits per heavy atom. The van der Waals surface area contributed by atoms with Crippen LogP contribution in [0.4, 0.5) is 0 Å². The number of hydrogen-bond acceptors (Lipinski definition) is 4. The molecule has 0 spiro atoms. The monoisotopic (exact) mass is 346 g/mol. The molecular formula is C15H23ClN2O3S. The maximum Gasteiger partial charge on any atom is 0.227 e. The van der Waals surface area contributed by atoms with E-state index in [4.69, 9.17) is 5.73 Å². The lowest BCUT2D eigenvalue weighted by molar-refractivity contribution is -0.136. The quantitative estimate of drug-likeness (QED) is 0.893. The Labute approximate surface area is 138 Å². The third-order valence-corrected chi connectivity index (χ3v) is 5.97. The highest BCUT2D eigenvalue weighted by Crippen LogP contribution is 2.24. The maximum atomic E-state index is 12.5.